The van der Waals surface area contributed by atoms with E-state index in [2.05, 4.69) is 55.0 Å². The molecule has 0 amide bonds. The monoisotopic (exact) mass is 304 g/mol. The molecule has 0 N–H and O–H groups in total. The molecule has 0 aliphatic rings. The van der Waals surface area contributed by atoms with E-state index < -0.39 is 0 Å². The van der Waals surface area contributed by atoms with Crippen LogP contribution < -0.4 is 0 Å². The second-order valence-corrected chi connectivity index (χ2v) is 7.99. The van der Waals surface area contributed by atoms with Crippen molar-refractivity contribution < 1.29 is 0 Å². The number of hydrogen-bond donors (Lipinski definition) is 0. The lowest BCUT2D eigenvalue weighted by molar-refractivity contribution is 0.481. The summed E-state index contributed by atoms with van der Waals surface area (Å²) >= 11 is 3.51. The molecule has 1 aromatic carbocycles. The maximum absolute atomic E-state index is 4.41. The molecule has 0 aliphatic heterocycles. The fraction of sp³-hybridized carbons (Fsp3) is 0.375. The highest BCUT2D eigenvalue weighted by Gasteiger charge is 2.10. The SMILES string of the molecule is Cc1ccnc(Sc2ccc(SCC(C)(C)C)cc2)n1. The molecular weight excluding hydrogens is 284 g/mol. The first-order chi connectivity index (χ1) is 9.42. The Bertz CT molecular complexity index is 559. The summed E-state index contributed by atoms with van der Waals surface area (Å²) in [4.78, 5) is 11.2. The van der Waals surface area contributed by atoms with Crippen LogP contribution in [0.1, 0.15) is 26.5 Å². The van der Waals surface area contributed by atoms with Gasteiger partial charge in [-0.2, -0.15) is 0 Å². The lowest BCUT2D eigenvalue weighted by Crippen LogP contribution is -2.07. The molecule has 2 nitrogen and oxygen atoms in total. The van der Waals surface area contributed by atoms with Crippen molar-refractivity contribution in [1.82, 2.24) is 9.97 Å². The van der Waals surface area contributed by atoms with Gasteiger partial charge in [0.2, 0.25) is 0 Å². The maximum Gasteiger partial charge on any atom is 0.192 e. The molecule has 0 saturated carbocycles. The van der Waals surface area contributed by atoms with Crippen LogP contribution in [0.3, 0.4) is 0 Å². The summed E-state index contributed by atoms with van der Waals surface area (Å²) < 4.78 is 0. The summed E-state index contributed by atoms with van der Waals surface area (Å²) in [6.45, 7) is 8.77. The van der Waals surface area contributed by atoms with E-state index in [0.717, 1.165) is 16.6 Å². The van der Waals surface area contributed by atoms with Crippen LogP contribution in [-0.4, -0.2) is 15.7 Å². The molecule has 1 aromatic heterocycles. The Morgan fingerprint density at radius 1 is 1.00 bits per heavy atom. The normalized spacial score (nSPS) is 11.6. The van der Waals surface area contributed by atoms with Gasteiger partial charge in [-0.15, -0.1) is 11.8 Å². The Kier molecular flexibility index (Phi) is 5.11. The van der Waals surface area contributed by atoms with Crippen molar-refractivity contribution in [2.24, 2.45) is 5.41 Å². The van der Waals surface area contributed by atoms with Crippen molar-refractivity contribution >= 4 is 23.5 Å². The van der Waals surface area contributed by atoms with Crippen LogP contribution in [0.2, 0.25) is 0 Å². The smallest absolute Gasteiger partial charge is 0.192 e. The van der Waals surface area contributed by atoms with E-state index in [1.54, 1.807) is 18.0 Å². The van der Waals surface area contributed by atoms with E-state index in [-0.39, 0.29) is 0 Å². The number of nitrogens with zero attached hydrogens (tertiary/aromatic N) is 2. The van der Waals surface area contributed by atoms with E-state index in [9.17, 15) is 0 Å². The second-order valence-electron chi connectivity index (χ2n) is 5.90. The number of aryl methyl sites for hydroxylation is 1. The van der Waals surface area contributed by atoms with Gasteiger partial charge in [0.05, 0.1) is 0 Å². The van der Waals surface area contributed by atoms with Crippen molar-refractivity contribution in [2.45, 2.75) is 42.6 Å². The zero-order chi connectivity index (χ0) is 14.6. The molecule has 0 radical (unpaired) electrons. The molecule has 0 fully saturated rings. The zero-order valence-corrected chi connectivity index (χ0v) is 14.0. The number of benzene rings is 1. The number of rotatable bonds is 4. The Morgan fingerprint density at radius 3 is 2.25 bits per heavy atom. The number of hydrogen-bond acceptors (Lipinski definition) is 4. The molecule has 0 aliphatic carbocycles. The van der Waals surface area contributed by atoms with Gasteiger partial charge in [0.25, 0.3) is 0 Å². The predicted molar refractivity (Wildman–Crippen MR) is 87.5 cm³/mol. The van der Waals surface area contributed by atoms with Gasteiger partial charge >= 0.3 is 0 Å². The standard InChI is InChI=1S/C16H20N2S2/c1-12-9-10-17-15(18-12)20-14-7-5-13(6-8-14)19-11-16(2,3)4/h5-10H,11H2,1-4H3. The topological polar surface area (TPSA) is 25.8 Å². The van der Waals surface area contributed by atoms with Crippen LogP contribution in [-0.2, 0) is 0 Å². The van der Waals surface area contributed by atoms with Crippen LogP contribution >= 0.6 is 23.5 Å². The van der Waals surface area contributed by atoms with Gasteiger partial charge in [-0.25, -0.2) is 9.97 Å². The molecular formula is C16H20N2S2. The van der Waals surface area contributed by atoms with E-state index in [4.69, 9.17) is 0 Å². The molecule has 0 bridgehead atoms. The van der Waals surface area contributed by atoms with Gasteiger partial charge in [-0.05, 0) is 54.4 Å². The molecule has 4 heteroatoms. The number of thioether (sulfide) groups is 1. The molecule has 1 heterocycles. The molecule has 0 atom stereocenters. The van der Waals surface area contributed by atoms with E-state index in [0.29, 0.717) is 5.41 Å². The summed E-state index contributed by atoms with van der Waals surface area (Å²) in [5.74, 6) is 1.13. The third kappa shape index (κ3) is 5.17. The molecule has 0 spiro atoms. The van der Waals surface area contributed by atoms with Crippen molar-refractivity contribution in [1.29, 1.82) is 0 Å². The van der Waals surface area contributed by atoms with Gasteiger partial charge in [0, 0.05) is 27.4 Å². The second kappa shape index (κ2) is 6.64. The van der Waals surface area contributed by atoms with Crippen LogP contribution in [0.5, 0.6) is 0 Å². The van der Waals surface area contributed by atoms with Crippen molar-refractivity contribution in [3.63, 3.8) is 0 Å². The van der Waals surface area contributed by atoms with Crippen LogP contribution in [0.4, 0.5) is 0 Å². The molecule has 2 rings (SSSR count). The van der Waals surface area contributed by atoms with Gasteiger partial charge in [-0.1, -0.05) is 20.8 Å². The van der Waals surface area contributed by atoms with Crippen molar-refractivity contribution in [3.8, 4) is 0 Å². The summed E-state index contributed by atoms with van der Waals surface area (Å²) in [7, 11) is 0. The minimum atomic E-state index is 0.355. The zero-order valence-electron chi connectivity index (χ0n) is 12.4. The molecule has 106 valence electrons. The quantitative estimate of drug-likeness (QED) is 0.581. The molecule has 20 heavy (non-hydrogen) atoms. The van der Waals surface area contributed by atoms with Crippen LogP contribution in [0, 0.1) is 12.3 Å². The largest absolute Gasteiger partial charge is 0.231 e. The Labute approximate surface area is 129 Å². The van der Waals surface area contributed by atoms with Crippen LogP contribution in [0.15, 0.2) is 51.5 Å². The average Bonchev–Trinajstić information content (AvgIpc) is 2.37. The van der Waals surface area contributed by atoms with Gasteiger partial charge in [0.15, 0.2) is 5.16 Å². The van der Waals surface area contributed by atoms with Crippen molar-refractivity contribution in [2.75, 3.05) is 5.75 Å². The highest BCUT2D eigenvalue weighted by atomic mass is 32.2. The third-order valence-electron chi connectivity index (χ3n) is 2.48. The maximum atomic E-state index is 4.41. The van der Waals surface area contributed by atoms with Gasteiger partial charge in [-0.3, -0.25) is 0 Å². The Morgan fingerprint density at radius 2 is 1.65 bits per heavy atom. The summed E-state index contributed by atoms with van der Waals surface area (Å²) in [6, 6.07) is 10.5. The van der Waals surface area contributed by atoms with Gasteiger partial charge < -0.3 is 0 Å². The summed E-state index contributed by atoms with van der Waals surface area (Å²) in [6.07, 6.45) is 1.80. The average molecular weight is 304 g/mol. The first-order valence-corrected chi connectivity index (χ1v) is 8.43. The summed E-state index contributed by atoms with van der Waals surface area (Å²) in [5, 5.41) is 0.806. The minimum absolute atomic E-state index is 0.355. The number of aromatic nitrogens is 2. The fourth-order valence-corrected chi connectivity index (χ4v) is 3.20. The first-order valence-electron chi connectivity index (χ1n) is 6.63. The van der Waals surface area contributed by atoms with Gasteiger partial charge in [0.1, 0.15) is 0 Å². The van der Waals surface area contributed by atoms with E-state index in [1.807, 2.05) is 24.8 Å². The third-order valence-corrected chi connectivity index (χ3v) is 4.98. The minimum Gasteiger partial charge on any atom is -0.231 e. The molecule has 2 aromatic rings. The van der Waals surface area contributed by atoms with E-state index >= 15 is 0 Å². The first kappa shape index (κ1) is 15.4. The summed E-state index contributed by atoms with van der Waals surface area (Å²) in [5.41, 5.74) is 1.35. The molecule has 0 unspecified atom stereocenters. The highest BCUT2D eigenvalue weighted by Crippen LogP contribution is 2.30. The lowest BCUT2D eigenvalue weighted by Gasteiger charge is -2.17. The van der Waals surface area contributed by atoms with Crippen LogP contribution in [0.25, 0.3) is 0 Å². The predicted octanol–water partition coefficient (Wildman–Crippen LogP) is 5.07. The fourth-order valence-electron chi connectivity index (χ4n) is 1.48. The highest BCUT2D eigenvalue weighted by molar-refractivity contribution is 7.99. The molecule has 0 saturated heterocycles. The lowest BCUT2D eigenvalue weighted by atomic mass is 10.0. The Balaban J connectivity index is 1.98. The van der Waals surface area contributed by atoms with E-state index in [1.165, 1.54) is 9.79 Å². The van der Waals surface area contributed by atoms with Crippen molar-refractivity contribution in [3.05, 3.63) is 42.2 Å². The Hall–Kier alpha value is -1.00.